The van der Waals surface area contributed by atoms with Crippen molar-refractivity contribution in [2.75, 3.05) is 26.2 Å². The molecular formula is C17H32Cl2N2OSi. The number of nitrogens with zero attached hydrogens (tertiary/aromatic N) is 1. The quantitative estimate of drug-likeness (QED) is 0.737. The van der Waals surface area contributed by atoms with Gasteiger partial charge in [0.05, 0.1) is 0 Å². The van der Waals surface area contributed by atoms with Gasteiger partial charge in [0.25, 0.3) is 0 Å². The van der Waals surface area contributed by atoms with Crippen molar-refractivity contribution < 1.29 is 4.43 Å². The normalized spacial score (nSPS) is 16.9. The van der Waals surface area contributed by atoms with Crippen LogP contribution < -0.4 is 9.74 Å². The van der Waals surface area contributed by atoms with Gasteiger partial charge in [-0.15, -0.1) is 24.8 Å². The maximum atomic E-state index is 6.06. The molecule has 2 rings (SSSR count). The van der Waals surface area contributed by atoms with E-state index in [1.165, 1.54) is 18.4 Å². The zero-order valence-electron chi connectivity index (χ0n) is 14.8. The minimum Gasteiger partial charge on any atom is -0.544 e. The SMILES string of the molecule is CCC[C@@H](c1ccc(O[Si](C)(C)C)cc1)N1CCNCC1.Cl.Cl. The Morgan fingerprint density at radius 1 is 1.09 bits per heavy atom. The molecule has 0 bridgehead atoms. The van der Waals surface area contributed by atoms with Gasteiger partial charge in [0.1, 0.15) is 5.75 Å². The first-order valence-corrected chi connectivity index (χ1v) is 11.6. The van der Waals surface area contributed by atoms with E-state index in [4.69, 9.17) is 4.43 Å². The van der Waals surface area contributed by atoms with E-state index >= 15 is 0 Å². The minimum atomic E-state index is -1.51. The molecule has 134 valence electrons. The van der Waals surface area contributed by atoms with Crippen LogP contribution in [0.3, 0.4) is 0 Å². The van der Waals surface area contributed by atoms with Crippen molar-refractivity contribution in [3.05, 3.63) is 29.8 Å². The minimum absolute atomic E-state index is 0. The molecule has 1 aromatic rings. The van der Waals surface area contributed by atoms with E-state index in [-0.39, 0.29) is 24.8 Å². The van der Waals surface area contributed by atoms with Crippen molar-refractivity contribution in [2.45, 2.75) is 45.4 Å². The largest absolute Gasteiger partial charge is 0.544 e. The van der Waals surface area contributed by atoms with E-state index in [9.17, 15) is 0 Å². The average molecular weight is 379 g/mol. The summed E-state index contributed by atoms with van der Waals surface area (Å²) >= 11 is 0. The number of piperazine rings is 1. The van der Waals surface area contributed by atoms with E-state index in [2.05, 4.69) is 61.0 Å². The predicted octanol–water partition coefficient (Wildman–Crippen LogP) is 4.49. The van der Waals surface area contributed by atoms with Crippen LogP contribution in [0, 0.1) is 0 Å². The van der Waals surface area contributed by atoms with Crippen LogP contribution in [0.1, 0.15) is 31.4 Å². The fourth-order valence-electron chi connectivity index (χ4n) is 2.94. The lowest BCUT2D eigenvalue weighted by Gasteiger charge is -2.35. The summed E-state index contributed by atoms with van der Waals surface area (Å²) in [6, 6.07) is 9.38. The molecule has 1 aliphatic heterocycles. The lowest BCUT2D eigenvalue weighted by atomic mass is 10.00. The molecule has 0 spiro atoms. The monoisotopic (exact) mass is 378 g/mol. The Hall–Kier alpha value is -0.263. The molecule has 1 N–H and O–H groups in total. The number of nitrogens with one attached hydrogen (secondary N) is 1. The second kappa shape index (κ2) is 10.6. The summed E-state index contributed by atoms with van der Waals surface area (Å²) in [5, 5.41) is 3.44. The van der Waals surface area contributed by atoms with Crippen LogP contribution in [0.4, 0.5) is 0 Å². The first-order chi connectivity index (χ1) is 9.99. The molecule has 23 heavy (non-hydrogen) atoms. The van der Waals surface area contributed by atoms with Crippen LogP contribution in [-0.2, 0) is 0 Å². The van der Waals surface area contributed by atoms with Gasteiger partial charge in [-0.1, -0.05) is 25.5 Å². The molecule has 0 unspecified atom stereocenters. The lowest BCUT2D eigenvalue weighted by Crippen LogP contribution is -2.45. The molecule has 1 atom stereocenters. The average Bonchev–Trinajstić information content (AvgIpc) is 2.45. The predicted molar refractivity (Wildman–Crippen MR) is 107 cm³/mol. The third-order valence-corrected chi connectivity index (χ3v) is 4.69. The molecule has 1 heterocycles. The Morgan fingerprint density at radius 3 is 2.13 bits per heavy atom. The Balaban J connectivity index is 0.00000242. The van der Waals surface area contributed by atoms with Gasteiger partial charge in [0.2, 0.25) is 8.32 Å². The van der Waals surface area contributed by atoms with E-state index in [0.717, 1.165) is 31.9 Å². The van der Waals surface area contributed by atoms with Gasteiger partial charge in [0.15, 0.2) is 0 Å². The van der Waals surface area contributed by atoms with Crippen molar-refractivity contribution in [2.24, 2.45) is 0 Å². The summed E-state index contributed by atoms with van der Waals surface area (Å²) in [7, 11) is -1.51. The van der Waals surface area contributed by atoms with Crippen LogP contribution in [0.2, 0.25) is 19.6 Å². The van der Waals surface area contributed by atoms with Gasteiger partial charge in [-0.25, -0.2) is 0 Å². The molecule has 0 aromatic heterocycles. The molecule has 3 nitrogen and oxygen atoms in total. The van der Waals surface area contributed by atoms with Gasteiger partial charge in [-0.2, -0.15) is 0 Å². The number of hydrogen-bond donors (Lipinski definition) is 1. The number of rotatable bonds is 6. The third-order valence-electron chi connectivity index (χ3n) is 3.84. The summed E-state index contributed by atoms with van der Waals surface area (Å²) in [5.74, 6) is 1.02. The lowest BCUT2D eigenvalue weighted by molar-refractivity contribution is 0.164. The van der Waals surface area contributed by atoms with Crippen LogP contribution >= 0.6 is 24.8 Å². The third kappa shape index (κ3) is 7.44. The molecule has 6 heteroatoms. The summed E-state index contributed by atoms with van der Waals surface area (Å²) < 4.78 is 6.06. The van der Waals surface area contributed by atoms with Gasteiger partial charge >= 0.3 is 0 Å². The Labute approximate surface area is 155 Å². The topological polar surface area (TPSA) is 24.5 Å². The Kier molecular flexibility index (Phi) is 10.4. The molecule has 0 saturated carbocycles. The van der Waals surface area contributed by atoms with Gasteiger partial charge in [0, 0.05) is 32.2 Å². The zero-order chi connectivity index (χ0) is 15.3. The maximum absolute atomic E-state index is 6.06. The highest BCUT2D eigenvalue weighted by Crippen LogP contribution is 2.28. The van der Waals surface area contributed by atoms with Crippen LogP contribution in [0.5, 0.6) is 5.75 Å². The Morgan fingerprint density at radius 2 is 1.65 bits per heavy atom. The number of halogens is 2. The van der Waals surface area contributed by atoms with Crippen LogP contribution in [-0.4, -0.2) is 39.4 Å². The van der Waals surface area contributed by atoms with Gasteiger partial charge in [-0.3, -0.25) is 4.90 Å². The molecule has 1 aliphatic rings. The molecule has 1 fully saturated rings. The number of hydrogen-bond acceptors (Lipinski definition) is 3. The van der Waals surface area contributed by atoms with Gasteiger partial charge < -0.3 is 9.74 Å². The maximum Gasteiger partial charge on any atom is 0.242 e. The highest BCUT2D eigenvalue weighted by molar-refractivity contribution is 6.70. The molecule has 0 amide bonds. The fraction of sp³-hybridized carbons (Fsp3) is 0.647. The summed E-state index contributed by atoms with van der Waals surface area (Å²) in [6.45, 7) is 13.5. The zero-order valence-corrected chi connectivity index (χ0v) is 17.4. The molecular weight excluding hydrogens is 347 g/mol. The highest BCUT2D eigenvalue weighted by Gasteiger charge is 2.22. The standard InChI is InChI=1S/C17H30N2OSi.2ClH/c1-5-6-17(19-13-11-18-12-14-19)15-7-9-16(10-8-15)20-21(2,3)4;;/h7-10,17-18H,5-6,11-14H2,1-4H3;2*1H/t17-;;/m0../s1. The van der Waals surface area contributed by atoms with Crippen molar-refractivity contribution in [3.63, 3.8) is 0 Å². The van der Waals surface area contributed by atoms with Gasteiger partial charge in [-0.05, 0) is 43.8 Å². The summed E-state index contributed by atoms with van der Waals surface area (Å²) in [4.78, 5) is 2.62. The van der Waals surface area contributed by atoms with Crippen molar-refractivity contribution >= 4 is 33.1 Å². The molecule has 1 saturated heterocycles. The molecule has 1 aromatic carbocycles. The van der Waals surface area contributed by atoms with E-state index < -0.39 is 8.32 Å². The van der Waals surface area contributed by atoms with E-state index in [1.54, 1.807) is 0 Å². The van der Waals surface area contributed by atoms with Crippen LogP contribution in [0.15, 0.2) is 24.3 Å². The van der Waals surface area contributed by atoms with E-state index in [0.29, 0.717) is 6.04 Å². The first kappa shape index (κ1) is 22.7. The van der Waals surface area contributed by atoms with Crippen LogP contribution in [0.25, 0.3) is 0 Å². The van der Waals surface area contributed by atoms with Crippen molar-refractivity contribution in [3.8, 4) is 5.75 Å². The smallest absolute Gasteiger partial charge is 0.242 e. The van der Waals surface area contributed by atoms with E-state index in [1.807, 2.05) is 0 Å². The fourth-order valence-corrected chi connectivity index (χ4v) is 3.78. The first-order valence-electron chi connectivity index (χ1n) is 8.23. The highest BCUT2D eigenvalue weighted by atomic mass is 35.5. The summed E-state index contributed by atoms with van der Waals surface area (Å²) in [6.07, 6.45) is 2.45. The Bertz CT molecular complexity index is 431. The number of benzene rings is 1. The van der Waals surface area contributed by atoms with Crippen molar-refractivity contribution in [1.82, 2.24) is 10.2 Å². The van der Waals surface area contributed by atoms with Crippen molar-refractivity contribution in [1.29, 1.82) is 0 Å². The molecule has 0 aliphatic carbocycles. The second-order valence-corrected chi connectivity index (χ2v) is 11.3. The summed E-state index contributed by atoms with van der Waals surface area (Å²) in [5.41, 5.74) is 1.43. The second-order valence-electron chi connectivity index (χ2n) is 6.87. The molecule has 0 radical (unpaired) electrons.